The number of rotatable bonds is 6. The van der Waals surface area contributed by atoms with Crippen molar-refractivity contribution in [3.63, 3.8) is 0 Å². The van der Waals surface area contributed by atoms with Crippen molar-refractivity contribution in [2.75, 3.05) is 20.1 Å². The number of hydrogen-bond donors (Lipinski definition) is 1. The van der Waals surface area contributed by atoms with Gasteiger partial charge in [-0.05, 0) is 13.0 Å². The van der Waals surface area contributed by atoms with E-state index in [0.717, 1.165) is 0 Å². The highest BCUT2D eigenvalue weighted by atomic mass is 35.5. The highest BCUT2D eigenvalue weighted by molar-refractivity contribution is 6.18. The maximum absolute atomic E-state index is 9.22. The van der Waals surface area contributed by atoms with Gasteiger partial charge in [0.25, 0.3) is 0 Å². The monoisotopic (exact) mass is 208 g/mol. The predicted octanol–water partition coefficient (Wildman–Crippen LogP) is 1.54. The fraction of sp³-hybridized carbons (Fsp3) is 0.778. The average molecular weight is 209 g/mol. The van der Waals surface area contributed by atoms with E-state index in [-0.39, 0.29) is 0 Å². The zero-order valence-electron chi connectivity index (χ0n) is 8.29. The molecule has 78 valence electrons. The third kappa shape index (κ3) is 4.62. The van der Waals surface area contributed by atoms with Crippen LogP contribution in [0.1, 0.15) is 13.3 Å². The van der Waals surface area contributed by atoms with Gasteiger partial charge in [0.2, 0.25) is 0 Å². The first-order valence-electron chi connectivity index (χ1n) is 4.12. The van der Waals surface area contributed by atoms with Gasteiger partial charge in [-0.3, -0.25) is 0 Å². The van der Waals surface area contributed by atoms with Crippen molar-refractivity contribution in [2.45, 2.75) is 25.2 Å². The number of ether oxygens (including phenoxy) is 2. The lowest BCUT2D eigenvalue weighted by Crippen LogP contribution is -2.34. The summed E-state index contributed by atoms with van der Waals surface area (Å²) in [7, 11) is 3.06. The molecule has 3 nitrogen and oxygen atoms in total. The molecule has 0 saturated carbocycles. The summed E-state index contributed by atoms with van der Waals surface area (Å²) in [5.41, 5.74) is 0. The number of aliphatic hydroxyl groups excluding tert-OH is 1. The molecule has 0 aromatic rings. The van der Waals surface area contributed by atoms with E-state index in [2.05, 4.69) is 0 Å². The molecule has 0 aliphatic heterocycles. The molecule has 13 heavy (non-hydrogen) atoms. The summed E-state index contributed by atoms with van der Waals surface area (Å²) >= 11 is 5.50. The Labute approximate surface area is 84.3 Å². The molecule has 0 saturated heterocycles. The van der Waals surface area contributed by atoms with Gasteiger partial charge in [-0.15, -0.1) is 11.6 Å². The van der Waals surface area contributed by atoms with Gasteiger partial charge in [0.15, 0.2) is 5.79 Å². The largest absolute Gasteiger partial charge is 0.393 e. The molecule has 0 aromatic carbocycles. The van der Waals surface area contributed by atoms with Crippen LogP contribution in [0.25, 0.3) is 0 Å². The summed E-state index contributed by atoms with van der Waals surface area (Å²) in [4.78, 5) is 0. The van der Waals surface area contributed by atoms with E-state index in [9.17, 15) is 5.11 Å². The maximum atomic E-state index is 9.22. The second-order valence-corrected chi connectivity index (χ2v) is 3.14. The van der Waals surface area contributed by atoms with Crippen LogP contribution in [-0.4, -0.2) is 37.1 Å². The maximum Gasteiger partial charge on any atom is 0.189 e. The molecular formula is C9H17ClO3. The quantitative estimate of drug-likeness (QED) is 0.409. The minimum Gasteiger partial charge on any atom is -0.393 e. The minimum atomic E-state index is -0.858. The fourth-order valence-corrected chi connectivity index (χ4v) is 1.18. The molecule has 1 atom stereocenters. The second kappa shape index (κ2) is 6.38. The summed E-state index contributed by atoms with van der Waals surface area (Å²) in [6.07, 6.45) is 3.34. The predicted molar refractivity (Wildman–Crippen MR) is 52.9 cm³/mol. The molecule has 0 spiro atoms. The van der Waals surface area contributed by atoms with E-state index in [1.165, 1.54) is 14.2 Å². The molecule has 0 heterocycles. The van der Waals surface area contributed by atoms with Gasteiger partial charge in [0.1, 0.15) is 0 Å². The Morgan fingerprint density at radius 1 is 1.46 bits per heavy atom. The molecule has 1 unspecified atom stereocenters. The number of methoxy groups -OCH3 is 2. The molecule has 0 amide bonds. The Morgan fingerprint density at radius 2 is 2.00 bits per heavy atom. The first-order chi connectivity index (χ1) is 6.10. The standard InChI is InChI=1S/C9H17ClO3/c1-8(11)7-9(12-2,13-3)5-4-6-10/h4-5,8,11H,6-7H2,1-3H3/b5-4+. The van der Waals surface area contributed by atoms with E-state index in [1.807, 2.05) is 0 Å². The third-order valence-electron chi connectivity index (χ3n) is 1.73. The van der Waals surface area contributed by atoms with Crippen molar-refractivity contribution in [1.82, 2.24) is 0 Å². The highest BCUT2D eigenvalue weighted by Gasteiger charge is 2.27. The van der Waals surface area contributed by atoms with Crippen molar-refractivity contribution in [2.24, 2.45) is 0 Å². The molecule has 0 aromatic heterocycles. The number of halogens is 1. The molecule has 4 heteroatoms. The van der Waals surface area contributed by atoms with Crippen molar-refractivity contribution >= 4 is 11.6 Å². The Morgan fingerprint density at radius 3 is 2.31 bits per heavy atom. The zero-order chi connectivity index (χ0) is 10.3. The van der Waals surface area contributed by atoms with Crippen molar-refractivity contribution in [3.8, 4) is 0 Å². The zero-order valence-corrected chi connectivity index (χ0v) is 9.04. The van der Waals surface area contributed by atoms with Crippen LogP contribution in [0.4, 0.5) is 0 Å². The first kappa shape index (κ1) is 12.9. The Bertz CT molecular complexity index is 153. The molecule has 0 aliphatic rings. The molecule has 0 fully saturated rings. The average Bonchev–Trinajstić information content (AvgIpc) is 2.12. The first-order valence-corrected chi connectivity index (χ1v) is 4.65. The topological polar surface area (TPSA) is 38.7 Å². The smallest absolute Gasteiger partial charge is 0.189 e. The van der Waals surface area contributed by atoms with E-state index < -0.39 is 11.9 Å². The van der Waals surface area contributed by atoms with E-state index in [0.29, 0.717) is 12.3 Å². The SMILES string of the molecule is COC(/C=C/CCl)(CC(C)O)OC. The molecule has 1 N–H and O–H groups in total. The summed E-state index contributed by atoms with van der Waals surface area (Å²) in [5, 5.41) is 9.22. The van der Waals surface area contributed by atoms with Gasteiger partial charge in [-0.1, -0.05) is 6.08 Å². The van der Waals surface area contributed by atoms with E-state index >= 15 is 0 Å². The normalized spacial score (nSPS) is 15.2. The van der Waals surface area contributed by atoms with Crippen molar-refractivity contribution in [3.05, 3.63) is 12.2 Å². The van der Waals surface area contributed by atoms with E-state index in [4.69, 9.17) is 21.1 Å². The molecule has 0 aliphatic carbocycles. The summed E-state index contributed by atoms with van der Waals surface area (Å²) in [6.45, 7) is 1.68. The molecule has 0 bridgehead atoms. The highest BCUT2D eigenvalue weighted by Crippen LogP contribution is 2.20. The Kier molecular flexibility index (Phi) is 6.33. The fourth-order valence-electron chi connectivity index (χ4n) is 1.09. The van der Waals surface area contributed by atoms with Gasteiger partial charge < -0.3 is 14.6 Å². The minimum absolute atomic E-state index is 0.382. The molecule has 0 rings (SSSR count). The van der Waals surface area contributed by atoms with E-state index in [1.54, 1.807) is 19.1 Å². The number of alkyl halides is 1. The Hall–Kier alpha value is -0.0900. The van der Waals surface area contributed by atoms with Crippen LogP contribution in [0, 0.1) is 0 Å². The van der Waals surface area contributed by atoms with Crippen LogP contribution in [-0.2, 0) is 9.47 Å². The van der Waals surface area contributed by atoms with Crippen molar-refractivity contribution < 1.29 is 14.6 Å². The number of aliphatic hydroxyl groups is 1. The lowest BCUT2D eigenvalue weighted by atomic mass is 10.1. The van der Waals surface area contributed by atoms with Crippen LogP contribution in [0.15, 0.2) is 12.2 Å². The third-order valence-corrected chi connectivity index (χ3v) is 1.91. The van der Waals surface area contributed by atoms with Gasteiger partial charge >= 0.3 is 0 Å². The number of allylic oxidation sites excluding steroid dienone is 1. The molecular weight excluding hydrogens is 192 g/mol. The lowest BCUT2D eigenvalue weighted by Gasteiger charge is -2.28. The van der Waals surface area contributed by atoms with Gasteiger partial charge in [0, 0.05) is 26.5 Å². The van der Waals surface area contributed by atoms with Crippen LogP contribution < -0.4 is 0 Å². The lowest BCUT2D eigenvalue weighted by molar-refractivity contribution is -0.185. The van der Waals surface area contributed by atoms with Crippen LogP contribution in [0.3, 0.4) is 0 Å². The summed E-state index contributed by atoms with van der Waals surface area (Å²) < 4.78 is 10.3. The number of hydrogen-bond acceptors (Lipinski definition) is 3. The Balaban J connectivity index is 4.39. The van der Waals surface area contributed by atoms with Crippen molar-refractivity contribution in [1.29, 1.82) is 0 Å². The van der Waals surface area contributed by atoms with Gasteiger partial charge in [-0.25, -0.2) is 0 Å². The van der Waals surface area contributed by atoms with Crippen LogP contribution in [0.2, 0.25) is 0 Å². The molecule has 0 radical (unpaired) electrons. The summed E-state index contributed by atoms with van der Waals surface area (Å²) in [5.74, 6) is -0.461. The van der Waals surface area contributed by atoms with Gasteiger partial charge in [-0.2, -0.15) is 0 Å². The van der Waals surface area contributed by atoms with Crippen LogP contribution in [0.5, 0.6) is 0 Å². The second-order valence-electron chi connectivity index (χ2n) is 2.83. The summed E-state index contributed by atoms with van der Waals surface area (Å²) in [6, 6.07) is 0. The van der Waals surface area contributed by atoms with Gasteiger partial charge in [0.05, 0.1) is 6.10 Å². The van der Waals surface area contributed by atoms with Crippen LogP contribution >= 0.6 is 11.6 Å².